The highest BCUT2D eigenvalue weighted by Crippen LogP contribution is 2.83. The van der Waals surface area contributed by atoms with Crippen LogP contribution in [0.5, 0.6) is 0 Å². The van der Waals surface area contributed by atoms with E-state index >= 15 is 0 Å². The van der Waals surface area contributed by atoms with Crippen molar-refractivity contribution in [3.8, 4) is 0 Å². The van der Waals surface area contributed by atoms with Gasteiger partial charge in [0, 0.05) is 0 Å². The summed E-state index contributed by atoms with van der Waals surface area (Å²) in [5, 5.41) is 0. The van der Waals surface area contributed by atoms with Crippen LogP contribution in [0.4, 0.5) is 26.3 Å². The van der Waals surface area contributed by atoms with Gasteiger partial charge in [0.1, 0.15) is 0 Å². The van der Waals surface area contributed by atoms with Gasteiger partial charge in [-0.1, -0.05) is 20.8 Å². The molecule has 1 atom stereocenters. The van der Waals surface area contributed by atoms with Crippen molar-refractivity contribution in [3.63, 3.8) is 0 Å². The highest BCUT2D eigenvalue weighted by atomic mass is 19.4. The van der Waals surface area contributed by atoms with Crippen LogP contribution in [0.2, 0.25) is 0 Å². The van der Waals surface area contributed by atoms with Crippen molar-refractivity contribution in [2.45, 2.75) is 46.0 Å². The Hall–Kier alpha value is -0.420. The number of alkyl halides is 6. The topological polar surface area (TPSA) is 0 Å². The van der Waals surface area contributed by atoms with Gasteiger partial charge in [-0.2, -0.15) is 26.3 Å². The number of hydrogen-bond donors (Lipinski definition) is 0. The Bertz CT molecular complexity index is 256. The maximum absolute atomic E-state index is 12.8. The van der Waals surface area contributed by atoms with Gasteiger partial charge in [0.05, 0.1) is 0 Å². The Morgan fingerprint density at radius 3 is 1.25 bits per heavy atom. The van der Waals surface area contributed by atoms with Crippen LogP contribution in [0.15, 0.2) is 0 Å². The second kappa shape index (κ2) is 3.29. The van der Waals surface area contributed by atoms with Gasteiger partial charge >= 0.3 is 12.4 Å². The van der Waals surface area contributed by atoms with Gasteiger partial charge in [-0.3, -0.25) is 0 Å². The molecule has 1 rings (SSSR count). The summed E-state index contributed by atoms with van der Waals surface area (Å²) in [4.78, 5) is 0. The summed E-state index contributed by atoms with van der Waals surface area (Å²) in [6.07, 6.45) is -10.7. The molecule has 0 aromatic carbocycles. The molecular weight excluding hydrogens is 234 g/mol. The van der Waals surface area contributed by atoms with Crippen LogP contribution in [-0.2, 0) is 0 Å². The fraction of sp³-hybridized carbons (Fsp3) is 1.00. The Morgan fingerprint density at radius 2 is 1.19 bits per heavy atom. The first-order valence-corrected chi connectivity index (χ1v) is 5.16. The van der Waals surface area contributed by atoms with Gasteiger partial charge in [-0.15, -0.1) is 0 Å². The van der Waals surface area contributed by atoms with E-state index in [-0.39, 0.29) is 12.8 Å². The lowest BCUT2D eigenvalue weighted by Gasteiger charge is -2.28. The van der Waals surface area contributed by atoms with Crippen LogP contribution in [-0.4, -0.2) is 12.4 Å². The van der Waals surface area contributed by atoms with E-state index in [1.807, 2.05) is 0 Å². The fourth-order valence-corrected chi connectivity index (χ4v) is 3.45. The Labute approximate surface area is 90.0 Å². The molecular formula is C10H14F6. The van der Waals surface area contributed by atoms with Gasteiger partial charge in [-0.05, 0) is 24.2 Å². The van der Waals surface area contributed by atoms with Crippen molar-refractivity contribution >= 4 is 0 Å². The average Bonchev–Trinajstić information content (AvgIpc) is 2.65. The third-order valence-corrected chi connectivity index (χ3v) is 4.34. The Morgan fingerprint density at radius 1 is 0.875 bits per heavy atom. The predicted molar refractivity (Wildman–Crippen MR) is 46.7 cm³/mol. The van der Waals surface area contributed by atoms with Gasteiger partial charge in [0.25, 0.3) is 0 Å². The second-order valence-corrected chi connectivity index (χ2v) is 4.39. The standard InChI is InChI=1S/C10H14F6/c1-4-7(5-2)6(3)8(7,9(11,12)13)10(14,15)16/h6H,4-5H2,1-3H3. The van der Waals surface area contributed by atoms with Crippen LogP contribution in [0.25, 0.3) is 0 Å². The molecule has 1 saturated carbocycles. The smallest absolute Gasteiger partial charge is 0.170 e. The maximum atomic E-state index is 12.8. The quantitative estimate of drug-likeness (QED) is 0.629. The fourth-order valence-electron chi connectivity index (χ4n) is 3.45. The van der Waals surface area contributed by atoms with Crippen molar-refractivity contribution in [1.82, 2.24) is 0 Å². The largest absolute Gasteiger partial charge is 0.404 e. The highest BCUT2D eigenvalue weighted by Gasteiger charge is 2.93. The summed E-state index contributed by atoms with van der Waals surface area (Å²) < 4.78 is 76.7. The molecule has 0 bridgehead atoms. The lowest BCUT2D eigenvalue weighted by atomic mass is 9.87. The van der Waals surface area contributed by atoms with Crippen molar-refractivity contribution in [1.29, 1.82) is 0 Å². The van der Waals surface area contributed by atoms with Gasteiger partial charge < -0.3 is 0 Å². The second-order valence-electron chi connectivity index (χ2n) is 4.39. The maximum Gasteiger partial charge on any atom is 0.404 e. The lowest BCUT2D eigenvalue weighted by molar-refractivity contribution is -0.316. The third kappa shape index (κ3) is 1.19. The van der Waals surface area contributed by atoms with Crippen molar-refractivity contribution < 1.29 is 26.3 Å². The molecule has 1 fully saturated rings. The van der Waals surface area contributed by atoms with E-state index in [1.165, 1.54) is 13.8 Å². The molecule has 0 nitrogen and oxygen atoms in total. The summed E-state index contributed by atoms with van der Waals surface area (Å²) >= 11 is 0. The van der Waals surface area contributed by atoms with E-state index in [2.05, 4.69) is 0 Å². The van der Waals surface area contributed by atoms with Crippen molar-refractivity contribution in [2.75, 3.05) is 0 Å². The first-order chi connectivity index (χ1) is 7.03. The molecule has 0 heterocycles. The number of rotatable bonds is 2. The molecule has 0 aromatic rings. The van der Waals surface area contributed by atoms with Crippen LogP contribution >= 0.6 is 0 Å². The van der Waals surface area contributed by atoms with E-state index in [0.29, 0.717) is 0 Å². The normalized spacial score (nSPS) is 27.9. The molecule has 96 valence electrons. The summed E-state index contributed by atoms with van der Waals surface area (Å²) in [6, 6.07) is 0. The zero-order valence-electron chi connectivity index (χ0n) is 9.26. The summed E-state index contributed by atoms with van der Waals surface area (Å²) in [5.41, 5.74) is -5.18. The first-order valence-electron chi connectivity index (χ1n) is 5.16. The lowest BCUT2D eigenvalue weighted by Crippen LogP contribution is -2.43. The van der Waals surface area contributed by atoms with Crippen LogP contribution in [0.1, 0.15) is 33.6 Å². The average molecular weight is 248 g/mol. The summed E-state index contributed by atoms with van der Waals surface area (Å²) in [5.74, 6) is -1.39. The van der Waals surface area contributed by atoms with E-state index in [9.17, 15) is 26.3 Å². The number of hydrogen-bond acceptors (Lipinski definition) is 0. The minimum atomic E-state index is -5.23. The Kier molecular flexibility index (Phi) is 2.81. The monoisotopic (exact) mass is 248 g/mol. The van der Waals surface area contributed by atoms with Crippen molar-refractivity contribution in [3.05, 3.63) is 0 Å². The molecule has 0 aromatic heterocycles. The molecule has 1 aliphatic rings. The molecule has 1 aliphatic carbocycles. The van der Waals surface area contributed by atoms with E-state index in [0.717, 1.165) is 6.92 Å². The van der Waals surface area contributed by atoms with Gasteiger partial charge in [0.2, 0.25) is 0 Å². The van der Waals surface area contributed by atoms with Gasteiger partial charge in [-0.25, -0.2) is 0 Å². The van der Waals surface area contributed by atoms with Crippen LogP contribution in [0.3, 0.4) is 0 Å². The third-order valence-electron chi connectivity index (χ3n) is 4.34. The van der Waals surface area contributed by atoms with Crippen molar-refractivity contribution in [2.24, 2.45) is 16.7 Å². The molecule has 0 N–H and O–H groups in total. The molecule has 6 heteroatoms. The van der Waals surface area contributed by atoms with Gasteiger partial charge in [0.15, 0.2) is 5.41 Å². The molecule has 0 saturated heterocycles. The minimum absolute atomic E-state index is 0.107. The number of halogens is 6. The van der Waals surface area contributed by atoms with Crippen LogP contribution in [0, 0.1) is 16.7 Å². The van der Waals surface area contributed by atoms with E-state index < -0.39 is 29.1 Å². The summed E-state index contributed by atoms with van der Waals surface area (Å²) in [7, 11) is 0. The van der Waals surface area contributed by atoms with E-state index in [4.69, 9.17) is 0 Å². The molecule has 16 heavy (non-hydrogen) atoms. The van der Waals surface area contributed by atoms with Crippen LogP contribution < -0.4 is 0 Å². The van der Waals surface area contributed by atoms with E-state index in [1.54, 1.807) is 0 Å². The zero-order chi connectivity index (χ0) is 13.0. The molecule has 0 aliphatic heterocycles. The predicted octanol–water partition coefficient (Wildman–Crippen LogP) is 4.55. The SMILES string of the molecule is CCC1(CC)C(C)C1(C(F)(F)F)C(F)(F)F. The molecule has 0 spiro atoms. The first kappa shape index (κ1) is 13.6. The minimum Gasteiger partial charge on any atom is -0.170 e. The highest BCUT2D eigenvalue weighted by molar-refractivity contribution is 5.25. The summed E-state index contributed by atoms with van der Waals surface area (Å²) in [6.45, 7) is 3.83. The molecule has 0 radical (unpaired) electrons. The Balaban J connectivity index is 3.33. The molecule has 1 unspecified atom stereocenters. The zero-order valence-corrected chi connectivity index (χ0v) is 9.26. The molecule has 0 amide bonds.